The molecule has 200 valence electrons. The van der Waals surface area contributed by atoms with E-state index in [-0.39, 0.29) is 5.91 Å². The Morgan fingerprint density at radius 3 is 2.39 bits per heavy atom. The first-order chi connectivity index (χ1) is 18.6. The summed E-state index contributed by atoms with van der Waals surface area (Å²) in [5.74, 6) is 2.32. The molecule has 38 heavy (non-hydrogen) atoms. The number of ether oxygens (including phenoxy) is 1. The first kappa shape index (κ1) is 27.4. The number of nitrogens with one attached hydrogen (secondary N) is 1. The van der Waals surface area contributed by atoms with Crippen LogP contribution in [0.5, 0.6) is 5.75 Å². The van der Waals surface area contributed by atoms with Crippen LogP contribution in [-0.4, -0.2) is 28.6 Å². The highest BCUT2D eigenvalue weighted by Gasteiger charge is 2.10. The van der Waals surface area contributed by atoms with Crippen molar-refractivity contribution in [3.63, 3.8) is 0 Å². The van der Waals surface area contributed by atoms with E-state index >= 15 is 0 Å². The SMILES string of the molecule is Cc1cccc(C)c1OCCCCn1c(CCCCCNC(=O)CCc2ccccc2)nc2ccccc21. The van der Waals surface area contributed by atoms with Gasteiger partial charge in [0.25, 0.3) is 0 Å². The molecule has 5 heteroatoms. The molecule has 0 fully saturated rings. The lowest BCUT2D eigenvalue weighted by Crippen LogP contribution is -2.24. The number of hydrogen-bond donors (Lipinski definition) is 1. The monoisotopic (exact) mass is 511 g/mol. The number of unbranched alkanes of at least 4 members (excludes halogenated alkanes) is 3. The Labute approximate surface area is 227 Å². The van der Waals surface area contributed by atoms with E-state index < -0.39 is 0 Å². The maximum atomic E-state index is 12.1. The molecule has 1 N–H and O–H groups in total. The Morgan fingerprint density at radius 2 is 1.58 bits per heavy atom. The van der Waals surface area contributed by atoms with Crippen LogP contribution in [0.3, 0.4) is 0 Å². The number of aryl methyl sites for hydroxylation is 5. The Balaban J connectivity index is 1.18. The summed E-state index contributed by atoms with van der Waals surface area (Å²) >= 11 is 0. The zero-order valence-electron chi connectivity index (χ0n) is 22.9. The zero-order valence-corrected chi connectivity index (χ0v) is 22.9. The van der Waals surface area contributed by atoms with Crippen LogP contribution in [0.15, 0.2) is 72.8 Å². The smallest absolute Gasteiger partial charge is 0.220 e. The van der Waals surface area contributed by atoms with Gasteiger partial charge in [0.15, 0.2) is 0 Å². The Bertz CT molecular complexity index is 1280. The normalized spacial score (nSPS) is 11.1. The van der Waals surface area contributed by atoms with Crippen LogP contribution in [0.2, 0.25) is 0 Å². The molecule has 0 radical (unpaired) electrons. The summed E-state index contributed by atoms with van der Waals surface area (Å²) in [4.78, 5) is 17.1. The highest BCUT2D eigenvalue weighted by Crippen LogP contribution is 2.23. The van der Waals surface area contributed by atoms with Crippen LogP contribution in [0.4, 0.5) is 0 Å². The van der Waals surface area contributed by atoms with Crippen molar-refractivity contribution < 1.29 is 9.53 Å². The quantitative estimate of drug-likeness (QED) is 0.175. The number of aromatic nitrogens is 2. The lowest BCUT2D eigenvalue weighted by atomic mass is 10.1. The van der Waals surface area contributed by atoms with Gasteiger partial charge in [0.2, 0.25) is 5.91 Å². The Hall–Kier alpha value is -3.60. The second-order valence-corrected chi connectivity index (χ2v) is 10.1. The molecule has 1 heterocycles. The second kappa shape index (κ2) is 14.4. The number of rotatable bonds is 15. The number of amides is 1. The van der Waals surface area contributed by atoms with Gasteiger partial charge in [0.05, 0.1) is 17.6 Å². The van der Waals surface area contributed by atoms with Gasteiger partial charge in [0.1, 0.15) is 11.6 Å². The fourth-order valence-electron chi connectivity index (χ4n) is 4.94. The minimum absolute atomic E-state index is 0.136. The molecule has 0 atom stereocenters. The van der Waals surface area contributed by atoms with Gasteiger partial charge >= 0.3 is 0 Å². The molecule has 5 nitrogen and oxygen atoms in total. The van der Waals surface area contributed by atoms with Gasteiger partial charge in [-0.15, -0.1) is 0 Å². The first-order valence-electron chi connectivity index (χ1n) is 14.1. The van der Waals surface area contributed by atoms with Gasteiger partial charge in [0, 0.05) is 25.9 Å². The molecule has 4 aromatic rings. The Kier molecular flexibility index (Phi) is 10.4. The molecule has 4 rings (SSSR count). The fourth-order valence-corrected chi connectivity index (χ4v) is 4.94. The van der Waals surface area contributed by atoms with E-state index in [0.717, 1.165) is 81.7 Å². The van der Waals surface area contributed by atoms with Crippen molar-refractivity contribution in [2.75, 3.05) is 13.2 Å². The van der Waals surface area contributed by atoms with E-state index in [4.69, 9.17) is 9.72 Å². The van der Waals surface area contributed by atoms with Crippen molar-refractivity contribution in [3.05, 3.63) is 95.3 Å². The summed E-state index contributed by atoms with van der Waals surface area (Å²) in [6.07, 6.45) is 7.48. The lowest BCUT2D eigenvalue weighted by Gasteiger charge is -2.13. The average molecular weight is 512 g/mol. The number of carbonyl (C=O) groups is 1. The minimum atomic E-state index is 0.136. The number of fused-ring (bicyclic) bond motifs is 1. The number of para-hydroxylation sites is 3. The van der Waals surface area contributed by atoms with Crippen molar-refractivity contribution in [1.82, 2.24) is 14.9 Å². The molecule has 0 spiro atoms. The lowest BCUT2D eigenvalue weighted by molar-refractivity contribution is -0.121. The number of carbonyl (C=O) groups excluding carboxylic acids is 1. The molecule has 0 saturated carbocycles. The third-order valence-corrected chi connectivity index (χ3v) is 7.05. The average Bonchev–Trinajstić information content (AvgIpc) is 3.28. The number of benzene rings is 3. The maximum Gasteiger partial charge on any atom is 0.220 e. The van der Waals surface area contributed by atoms with Crippen molar-refractivity contribution in [2.45, 2.75) is 71.8 Å². The number of hydrogen-bond acceptors (Lipinski definition) is 3. The zero-order chi connectivity index (χ0) is 26.6. The number of nitrogens with zero attached hydrogens (tertiary/aromatic N) is 2. The summed E-state index contributed by atoms with van der Waals surface area (Å²) in [5, 5.41) is 3.07. The molecule has 0 aliphatic carbocycles. The minimum Gasteiger partial charge on any atom is -0.493 e. The maximum absolute atomic E-state index is 12.1. The molecular weight excluding hydrogens is 470 g/mol. The third-order valence-electron chi connectivity index (χ3n) is 7.05. The van der Waals surface area contributed by atoms with E-state index in [2.05, 4.69) is 78.3 Å². The van der Waals surface area contributed by atoms with E-state index in [0.29, 0.717) is 6.42 Å². The first-order valence-corrected chi connectivity index (χ1v) is 14.1. The summed E-state index contributed by atoms with van der Waals surface area (Å²) in [6, 6.07) is 24.9. The largest absolute Gasteiger partial charge is 0.493 e. The second-order valence-electron chi connectivity index (χ2n) is 10.1. The topological polar surface area (TPSA) is 56.1 Å². The summed E-state index contributed by atoms with van der Waals surface area (Å²) < 4.78 is 8.50. The van der Waals surface area contributed by atoms with E-state index in [9.17, 15) is 4.79 Å². The van der Waals surface area contributed by atoms with Crippen molar-refractivity contribution >= 4 is 16.9 Å². The van der Waals surface area contributed by atoms with Gasteiger partial charge in [-0.3, -0.25) is 4.79 Å². The summed E-state index contributed by atoms with van der Waals surface area (Å²) in [5.41, 5.74) is 5.88. The highest BCUT2D eigenvalue weighted by molar-refractivity contribution is 5.76. The van der Waals surface area contributed by atoms with Gasteiger partial charge in [-0.05, 0) is 74.8 Å². The highest BCUT2D eigenvalue weighted by atomic mass is 16.5. The molecular formula is C33H41N3O2. The van der Waals surface area contributed by atoms with Gasteiger partial charge in [-0.1, -0.05) is 67.1 Å². The molecule has 1 aromatic heterocycles. The standard InChI is InChI=1S/C33H41N3O2/c1-26-14-13-15-27(2)33(26)38-25-12-11-24-36-30-19-9-8-18-29(30)35-31(36)20-7-4-10-23-34-32(37)22-21-28-16-5-3-6-17-28/h3,5-6,8-9,13-19H,4,7,10-12,20-25H2,1-2H3,(H,34,37). The van der Waals surface area contributed by atoms with Crippen LogP contribution in [0, 0.1) is 13.8 Å². The molecule has 0 bridgehead atoms. The van der Waals surface area contributed by atoms with Gasteiger partial charge < -0.3 is 14.6 Å². The van der Waals surface area contributed by atoms with Crippen LogP contribution in [-0.2, 0) is 24.2 Å². The summed E-state index contributed by atoms with van der Waals surface area (Å²) in [6.45, 7) is 6.62. The van der Waals surface area contributed by atoms with Crippen LogP contribution < -0.4 is 10.1 Å². The van der Waals surface area contributed by atoms with Gasteiger partial charge in [-0.2, -0.15) is 0 Å². The predicted molar refractivity (Wildman–Crippen MR) is 156 cm³/mol. The van der Waals surface area contributed by atoms with Gasteiger partial charge in [-0.25, -0.2) is 4.98 Å². The molecule has 1 amide bonds. The molecule has 3 aromatic carbocycles. The summed E-state index contributed by atoms with van der Waals surface area (Å²) in [7, 11) is 0. The fraction of sp³-hybridized carbons (Fsp3) is 0.394. The number of imidazole rings is 1. The Morgan fingerprint density at radius 1 is 0.816 bits per heavy atom. The third kappa shape index (κ3) is 7.95. The van der Waals surface area contributed by atoms with Crippen LogP contribution in [0.1, 0.15) is 61.0 Å². The molecule has 0 saturated heterocycles. The molecule has 0 unspecified atom stereocenters. The van der Waals surface area contributed by atoms with Crippen molar-refractivity contribution in [3.8, 4) is 5.75 Å². The van der Waals surface area contributed by atoms with Crippen LogP contribution >= 0.6 is 0 Å². The van der Waals surface area contributed by atoms with E-state index in [1.165, 1.54) is 22.2 Å². The molecule has 0 aliphatic rings. The predicted octanol–water partition coefficient (Wildman–Crippen LogP) is 6.97. The van der Waals surface area contributed by atoms with E-state index in [1.54, 1.807) is 0 Å². The molecule has 0 aliphatic heterocycles. The van der Waals surface area contributed by atoms with E-state index in [1.807, 2.05) is 18.2 Å². The van der Waals surface area contributed by atoms with Crippen molar-refractivity contribution in [1.29, 1.82) is 0 Å². The van der Waals surface area contributed by atoms with Crippen LogP contribution in [0.25, 0.3) is 11.0 Å². The van der Waals surface area contributed by atoms with Crippen molar-refractivity contribution in [2.24, 2.45) is 0 Å².